The van der Waals surface area contributed by atoms with Crippen molar-refractivity contribution in [2.75, 3.05) is 0 Å². The van der Waals surface area contributed by atoms with Crippen molar-refractivity contribution in [3.8, 4) is 21.7 Å². The molecule has 0 amide bonds. The molecule has 2 heteroatoms. The quantitative estimate of drug-likeness (QED) is 0.282. The number of hydrogen-bond acceptors (Lipinski definition) is 2. The van der Waals surface area contributed by atoms with E-state index in [0.717, 1.165) is 21.9 Å². The van der Waals surface area contributed by atoms with E-state index in [2.05, 4.69) is 37.9 Å². The lowest BCUT2D eigenvalue weighted by Gasteiger charge is -2.22. The van der Waals surface area contributed by atoms with E-state index in [-0.39, 0.29) is 35.3 Å². The fourth-order valence-corrected chi connectivity index (χ4v) is 5.12. The van der Waals surface area contributed by atoms with Crippen LogP contribution in [0.5, 0.6) is 0 Å². The molecule has 0 spiro atoms. The number of nitrogens with zero attached hydrogens (tertiary/aromatic N) is 1. The molecule has 2 aromatic heterocycles. The lowest BCUT2D eigenvalue weighted by molar-refractivity contribution is 0.596. The van der Waals surface area contributed by atoms with Crippen molar-refractivity contribution in [3.05, 3.63) is 90.0 Å². The minimum Gasteiger partial charge on any atom is -0.255 e. The van der Waals surface area contributed by atoms with E-state index in [1.165, 1.54) is 11.3 Å². The van der Waals surface area contributed by atoms with Crippen LogP contribution in [0.4, 0.5) is 0 Å². The normalized spacial score (nSPS) is 15.3. The summed E-state index contributed by atoms with van der Waals surface area (Å²) in [6.45, 7) is 8.22. The third kappa shape index (κ3) is 3.12. The second-order valence-electron chi connectivity index (χ2n) is 8.45. The molecule has 148 valence electrons. The van der Waals surface area contributed by atoms with Gasteiger partial charge >= 0.3 is 0 Å². The number of hydrogen-bond donors (Lipinski definition) is 0. The van der Waals surface area contributed by atoms with Gasteiger partial charge in [-0.3, -0.25) is 4.98 Å². The Bertz CT molecular complexity index is 1720. The number of fused-ring (bicyclic) bond motifs is 2. The zero-order chi connectivity index (χ0) is 27.0. The summed E-state index contributed by atoms with van der Waals surface area (Å²) in [5.74, 6) is 0. The van der Waals surface area contributed by atoms with Crippen LogP contribution < -0.4 is 0 Å². The highest BCUT2D eigenvalue weighted by Gasteiger charge is 2.20. The van der Waals surface area contributed by atoms with Gasteiger partial charge in [0.2, 0.25) is 0 Å². The third-order valence-corrected chi connectivity index (χ3v) is 6.70. The molecule has 0 aliphatic heterocycles. The number of aryl methyl sites for hydroxylation is 1. The van der Waals surface area contributed by atoms with E-state index >= 15 is 0 Å². The molecule has 5 aromatic rings. The summed E-state index contributed by atoms with van der Waals surface area (Å²) in [4.78, 5) is 5.03. The predicted molar refractivity (Wildman–Crippen MR) is 131 cm³/mol. The molecule has 0 fully saturated rings. The minimum atomic E-state index is -0.444. The van der Waals surface area contributed by atoms with Crippen molar-refractivity contribution in [2.45, 2.75) is 33.1 Å². The fraction of sp³-hybridized carbons (Fsp3) is 0.179. The van der Waals surface area contributed by atoms with Crippen molar-refractivity contribution in [2.24, 2.45) is 0 Å². The maximum atomic E-state index is 8.62. The Kier molecular flexibility index (Phi) is 2.98. The molecule has 2 heterocycles. The molecule has 5 rings (SSSR count). The Morgan fingerprint density at radius 2 is 1.67 bits per heavy atom. The molecule has 0 unspecified atom stereocenters. The number of aromatic nitrogens is 1. The first kappa shape index (κ1) is 12.7. The van der Waals surface area contributed by atoms with Gasteiger partial charge in [0.1, 0.15) is 0 Å². The van der Waals surface area contributed by atoms with Gasteiger partial charge in [0.15, 0.2) is 0 Å². The van der Waals surface area contributed by atoms with Gasteiger partial charge < -0.3 is 0 Å². The lowest BCUT2D eigenvalue weighted by Crippen LogP contribution is -2.12. The first-order chi connectivity index (χ1) is 17.3. The molecule has 0 bridgehead atoms. The molecule has 0 saturated carbocycles. The molecule has 0 aliphatic rings. The zero-order valence-corrected chi connectivity index (χ0v) is 18.1. The van der Waals surface area contributed by atoms with Gasteiger partial charge in [0, 0.05) is 16.6 Å². The van der Waals surface area contributed by atoms with Crippen LogP contribution in [0.1, 0.15) is 41.5 Å². The summed E-state index contributed by atoms with van der Waals surface area (Å²) < 4.78 is 58.9. The molecule has 0 saturated heterocycles. The summed E-state index contributed by atoms with van der Waals surface area (Å²) in [5.41, 5.74) is 3.07. The standard InChI is InChI=1S/C28H25NS/c1-18-22-14-15-29-25(27(22)30-26(18)19-10-6-5-7-11-19)21-16-20-12-8-9-13-23(20)24(17-21)28(2,3)4/h5-17H,1-4H3/i5D,6D,7D,10D,11D,14D,15D. The fourth-order valence-electron chi connectivity index (χ4n) is 3.89. The summed E-state index contributed by atoms with van der Waals surface area (Å²) in [6, 6.07) is 10.4. The predicted octanol–water partition coefficient (Wildman–Crippen LogP) is 8.39. The van der Waals surface area contributed by atoms with Crippen molar-refractivity contribution in [1.82, 2.24) is 4.98 Å². The number of pyridine rings is 1. The van der Waals surface area contributed by atoms with Gasteiger partial charge in [-0.15, -0.1) is 11.3 Å². The smallest absolute Gasteiger partial charge is 0.0880 e. The van der Waals surface area contributed by atoms with Crippen LogP contribution >= 0.6 is 11.3 Å². The SMILES string of the molecule is [2H]c1nc(-c2cc(C(C)(C)C)c3ccccc3c2)c2sc(-c3c([2H])c([2H])c([2H])c([2H])c3[2H])c(C)c2c1[2H]. The van der Waals surface area contributed by atoms with Gasteiger partial charge in [0.25, 0.3) is 0 Å². The summed E-state index contributed by atoms with van der Waals surface area (Å²) in [7, 11) is 0. The Labute approximate surface area is 191 Å². The molecule has 0 N–H and O–H groups in total. The van der Waals surface area contributed by atoms with Crippen molar-refractivity contribution < 1.29 is 9.60 Å². The lowest BCUT2D eigenvalue weighted by atomic mass is 9.82. The van der Waals surface area contributed by atoms with E-state index in [1.807, 2.05) is 24.3 Å². The van der Waals surface area contributed by atoms with Gasteiger partial charge in [0.05, 0.1) is 20.0 Å². The van der Waals surface area contributed by atoms with Crippen molar-refractivity contribution in [1.29, 1.82) is 0 Å². The molecular formula is C28H25NS. The molecule has 0 radical (unpaired) electrons. The van der Waals surface area contributed by atoms with Crippen LogP contribution in [-0.2, 0) is 5.41 Å². The first-order valence-electron chi connectivity index (χ1n) is 13.3. The average Bonchev–Trinajstić information content (AvgIpc) is 3.19. The van der Waals surface area contributed by atoms with E-state index in [4.69, 9.17) is 9.60 Å². The number of benzene rings is 3. The van der Waals surface area contributed by atoms with Gasteiger partial charge in [-0.1, -0.05) is 75.2 Å². The highest BCUT2D eigenvalue weighted by molar-refractivity contribution is 7.23. The van der Waals surface area contributed by atoms with Gasteiger partial charge in [-0.05, 0) is 63.4 Å². The highest BCUT2D eigenvalue weighted by Crippen LogP contribution is 2.43. The Hall–Kier alpha value is -2.97. The molecule has 3 aromatic carbocycles. The Balaban J connectivity index is 1.89. The first-order valence-corrected chi connectivity index (χ1v) is 10.7. The topological polar surface area (TPSA) is 12.9 Å². The van der Waals surface area contributed by atoms with E-state index in [9.17, 15) is 0 Å². The van der Waals surface area contributed by atoms with Crippen LogP contribution in [0.2, 0.25) is 0 Å². The molecule has 1 nitrogen and oxygen atoms in total. The van der Waals surface area contributed by atoms with Crippen LogP contribution in [0, 0.1) is 6.92 Å². The second kappa shape index (κ2) is 7.07. The molecule has 30 heavy (non-hydrogen) atoms. The number of rotatable bonds is 2. The summed E-state index contributed by atoms with van der Waals surface area (Å²) >= 11 is 1.26. The van der Waals surface area contributed by atoms with Crippen molar-refractivity contribution >= 4 is 32.2 Å². The van der Waals surface area contributed by atoms with E-state index in [1.54, 1.807) is 6.92 Å². The second-order valence-corrected chi connectivity index (χ2v) is 9.47. The van der Waals surface area contributed by atoms with E-state index in [0.29, 0.717) is 26.2 Å². The van der Waals surface area contributed by atoms with Gasteiger partial charge in [-0.25, -0.2) is 0 Å². The zero-order valence-electron chi connectivity index (χ0n) is 24.3. The molecular weight excluding hydrogens is 382 g/mol. The molecule has 0 atom stereocenters. The van der Waals surface area contributed by atoms with Crippen LogP contribution in [0.15, 0.2) is 78.8 Å². The third-order valence-electron chi connectivity index (χ3n) is 5.38. The van der Waals surface area contributed by atoms with E-state index < -0.39 is 18.1 Å². The Morgan fingerprint density at radius 3 is 2.43 bits per heavy atom. The van der Waals surface area contributed by atoms with Crippen LogP contribution in [-0.4, -0.2) is 4.98 Å². The minimum absolute atomic E-state index is 0.0389. The average molecular weight is 415 g/mol. The largest absolute Gasteiger partial charge is 0.255 e. The number of thiophene rings is 1. The van der Waals surface area contributed by atoms with Crippen LogP contribution in [0.3, 0.4) is 0 Å². The summed E-state index contributed by atoms with van der Waals surface area (Å²) in [6.07, 6.45) is -0.165. The van der Waals surface area contributed by atoms with Crippen molar-refractivity contribution in [3.63, 3.8) is 0 Å². The monoisotopic (exact) mass is 414 g/mol. The maximum Gasteiger partial charge on any atom is 0.0880 e. The summed E-state index contributed by atoms with van der Waals surface area (Å²) in [5, 5.41) is 2.70. The van der Waals surface area contributed by atoms with Gasteiger partial charge in [-0.2, -0.15) is 0 Å². The maximum absolute atomic E-state index is 8.62. The molecule has 0 aliphatic carbocycles. The van der Waals surface area contributed by atoms with Crippen LogP contribution in [0.25, 0.3) is 42.6 Å². The highest BCUT2D eigenvalue weighted by atomic mass is 32.1. The Morgan fingerprint density at radius 1 is 0.900 bits per heavy atom.